The van der Waals surface area contributed by atoms with Gasteiger partial charge in [-0.3, -0.25) is 19.8 Å². The first-order valence-electron chi connectivity index (χ1n) is 7.70. The highest BCUT2D eigenvalue weighted by atomic mass is 32.1. The molecular weight excluding hydrogens is 326 g/mol. The second-order valence-corrected chi connectivity index (χ2v) is 5.67. The molecule has 2 amide bonds. The Morgan fingerprint density at radius 2 is 1.96 bits per heavy atom. The highest BCUT2D eigenvalue weighted by Crippen LogP contribution is 2.28. The van der Waals surface area contributed by atoms with Gasteiger partial charge in [-0.25, -0.2) is 0 Å². The fourth-order valence-electron chi connectivity index (χ4n) is 2.51. The molecule has 0 bridgehead atoms. The van der Waals surface area contributed by atoms with Gasteiger partial charge < -0.3 is 9.64 Å². The molecule has 0 aliphatic carbocycles. The van der Waals surface area contributed by atoms with E-state index in [1.54, 1.807) is 7.11 Å². The van der Waals surface area contributed by atoms with Crippen molar-refractivity contribution >= 4 is 40.9 Å². The number of nitrogens with zero attached hydrogens (tertiary/aromatic N) is 2. The van der Waals surface area contributed by atoms with E-state index in [-0.39, 0.29) is 10.7 Å². The summed E-state index contributed by atoms with van der Waals surface area (Å²) < 4.78 is 5.43. The molecule has 2 rings (SSSR count). The number of hydrogen-bond donors (Lipinski definition) is 1. The molecule has 0 saturated carbocycles. The van der Waals surface area contributed by atoms with Crippen LogP contribution in [0.2, 0.25) is 0 Å². The van der Waals surface area contributed by atoms with Gasteiger partial charge in [0, 0.05) is 37.5 Å². The third-order valence-electron chi connectivity index (χ3n) is 3.95. The van der Waals surface area contributed by atoms with Gasteiger partial charge in [0.2, 0.25) is 0 Å². The number of likely N-dealkylation sites (N-methyl/N-ethyl adjacent to an activating group) is 1. The summed E-state index contributed by atoms with van der Waals surface area (Å²) >= 11 is 4.94. The number of benzene rings is 1. The number of carbonyl (C=O) groups is 2. The monoisotopic (exact) mass is 347 g/mol. The molecule has 1 aromatic rings. The summed E-state index contributed by atoms with van der Waals surface area (Å²) in [6, 6.07) is 5.69. The highest BCUT2D eigenvalue weighted by molar-refractivity contribution is 7.80. The Morgan fingerprint density at radius 3 is 2.54 bits per heavy atom. The van der Waals surface area contributed by atoms with Gasteiger partial charge in [-0.15, -0.1) is 0 Å². The highest BCUT2D eigenvalue weighted by Gasteiger charge is 2.31. The predicted octanol–water partition coefficient (Wildman–Crippen LogP) is 1.80. The van der Waals surface area contributed by atoms with E-state index in [2.05, 4.69) is 24.1 Å². The number of ether oxygens (including phenoxy) is 1. The van der Waals surface area contributed by atoms with Crippen molar-refractivity contribution in [2.45, 2.75) is 13.8 Å². The lowest BCUT2D eigenvalue weighted by Crippen LogP contribution is -2.52. The first kappa shape index (κ1) is 17.9. The van der Waals surface area contributed by atoms with E-state index in [0.717, 1.165) is 18.8 Å². The average Bonchev–Trinajstić information content (AvgIpc) is 2.58. The molecule has 0 aromatic heterocycles. The van der Waals surface area contributed by atoms with E-state index < -0.39 is 11.8 Å². The number of hydrogen-bond acceptors (Lipinski definition) is 5. The normalized spacial score (nSPS) is 16.4. The van der Waals surface area contributed by atoms with Crippen LogP contribution in [0.25, 0.3) is 6.08 Å². The van der Waals surface area contributed by atoms with Crippen molar-refractivity contribution in [2.75, 3.05) is 32.1 Å². The zero-order valence-electron chi connectivity index (χ0n) is 14.3. The molecule has 1 aliphatic rings. The van der Waals surface area contributed by atoms with Crippen molar-refractivity contribution in [2.24, 2.45) is 0 Å². The van der Waals surface area contributed by atoms with Crippen LogP contribution in [0, 0.1) is 0 Å². The van der Waals surface area contributed by atoms with E-state index in [1.807, 2.05) is 18.2 Å². The van der Waals surface area contributed by atoms with E-state index in [4.69, 9.17) is 17.0 Å². The smallest absolute Gasteiger partial charge is 0.265 e. The molecule has 0 unspecified atom stereocenters. The van der Waals surface area contributed by atoms with Crippen LogP contribution in [-0.2, 0) is 9.59 Å². The number of rotatable bonds is 5. The van der Waals surface area contributed by atoms with Crippen molar-refractivity contribution in [3.63, 3.8) is 0 Å². The quantitative estimate of drug-likeness (QED) is 0.500. The van der Waals surface area contributed by atoms with Crippen LogP contribution in [-0.4, -0.2) is 49.1 Å². The summed E-state index contributed by atoms with van der Waals surface area (Å²) in [5, 5.41) is 2.60. The molecule has 128 valence electrons. The fraction of sp³-hybridized carbons (Fsp3) is 0.353. The molecule has 1 aliphatic heterocycles. The van der Waals surface area contributed by atoms with E-state index >= 15 is 0 Å². The van der Waals surface area contributed by atoms with Crippen molar-refractivity contribution in [1.29, 1.82) is 0 Å². The minimum absolute atomic E-state index is 0.0278. The summed E-state index contributed by atoms with van der Waals surface area (Å²) in [6.45, 7) is 5.91. The molecule has 1 saturated heterocycles. The van der Waals surface area contributed by atoms with Crippen LogP contribution < -0.4 is 15.0 Å². The third kappa shape index (κ3) is 3.41. The van der Waals surface area contributed by atoms with Crippen LogP contribution in [0.3, 0.4) is 0 Å². The molecule has 0 radical (unpaired) electrons. The van der Waals surface area contributed by atoms with E-state index in [1.165, 1.54) is 18.0 Å². The summed E-state index contributed by atoms with van der Waals surface area (Å²) in [5.74, 6) is -0.333. The molecule has 6 nitrogen and oxygen atoms in total. The van der Waals surface area contributed by atoms with E-state index in [9.17, 15) is 9.59 Å². The van der Waals surface area contributed by atoms with Gasteiger partial charge in [-0.1, -0.05) is 0 Å². The second-order valence-electron chi connectivity index (χ2n) is 5.28. The Hall–Kier alpha value is -2.41. The molecular formula is C17H21N3O3S. The lowest BCUT2D eigenvalue weighted by Gasteiger charge is -2.25. The second kappa shape index (κ2) is 7.44. The van der Waals surface area contributed by atoms with Gasteiger partial charge in [0.05, 0.1) is 7.11 Å². The molecule has 1 heterocycles. The minimum Gasteiger partial charge on any atom is -0.496 e. The molecule has 0 atom stereocenters. The lowest BCUT2D eigenvalue weighted by molar-refractivity contribution is -0.128. The van der Waals surface area contributed by atoms with Crippen LogP contribution in [0.5, 0.6) is 5.75 Å². The number of amides is 2. The van der Waals surface area contributed by atoms with Crippen LogP contribution in [0.4, 0.5) is 5.69 Å². The van der Waals surface area contributed by atoms with Crippen molar-refractivity contribution < 1.29 is 14.3 Å². The first-order valence-corrected chi connectivity index (χ1v) is 8.11. The molecule has 0 spiro atoms. The SMILES string of the molecule is CCN(CC)c1ccc(/C=C2/C(=O)NC(=S)N(C)C2=O)c(OC)c1. The summed E-state index contributed by atoms with van der Waals surface area (Å²) in [7, 11) is 3.09. The zero-order valence-corrected chi connectivity index (χ0v) is 15.1. The van der Waals surface area contributed by atoms with Gasteiger partial charge in [-0.2, -0.15) is 0 Å². The zero-order chi connectivity index (χ0) is 17.9. The van der Waals surface area contributed by atoms with Crippen molar-refractivity contribution in [1.82, 2.24) is 10.2 Å². The molecule has 1 fully saturated rings. The van der Waals surface area contributed by atoms with Crippen LogP contribution >= 0.6 is 12.2 Å². The maximum atomic E-state index is 12.3. The lowest BCUT2D eigenvalue weighted by atomic mass is 10.1. The predicted molar refractivity (Wildman–Crippen MR) is 98.0 cm³/mol. The summed E-state index contributed by atoms with van der Waals surface area (Å²) in [5.41, 5.74) is 1.71. The van der Waals surface area contributed by atoms with Gasteiger partial charge in [0.1, 0.15) is 11.3 Å². The average molecular weight is 347 g/mol. The maximum Gasteiger partial charge on any atom is 0.265 e. The van der Waals surface area contributed by atoms with Gasteiger partial charge >= 0.3 is 0 Å². The fourth-order valence-corrected chi connectivity index (χ4v) is 2.68. The first-order chi connectivity index (χ1) is 11.4. The number of nitrogens with one attached hydrogen (secondary N) is 1. The summed E-state index contributed by atoms with van der Waals surface area (Å²) in [4.78, 5) is 27.8. The molecule has 1 aromatic carbocycles. The Bertz CT molecular complexity index is 711. The number of methoxy groups -OCH3 is 1. The van der Waals surface area contributed by atoms with Gasteiger partial charge in [0.25, 0.3) is 11.8 Å². The molecule has 24 heavy (non-hydrogen) atoms. The van der Waals surface area contributed by atoms with E-state index in [0.29, 0.717) is 11.3 Å². The Balaban J connectivity index is 2.43. The van der Waals surface area contributed by atoms with Crippen LogP contribution in [0.1, 0.15) is 19.4 Å². The Labute approximate surface area is 147 Å². The number of thiocarbonyl (C=S) groups is 1. The van der Waals surface area contributed by atoms with Gasteiger partial charge in [-0.05, 0) is 44.3 Å². The molecule has 7 heteroatoms. The van der Waals surface area contributed by atoms with Gasteiger partial charge in [0.15, 0.2) is 5.11 Å². The molecule has 1 N–H and O–H groups in total. The standard InChI is InChI=1S/C17H21N3O3S/c1-5-20(6-2)12-8-7-11(14(10-12)23-4)9-13-15(21)18-17(24)19(3)16(13)22/h7-10H,5-6H2,1-4H3,(H,18,21,24)/b13-9-. The van der Waals surface area contributed by atoms with Crippen molar-refractivity contribution in [3.05, 3.63) is 29.3 Å². The van der Waals surface area contributed by atoms with Crippen molar-refractivity contribution in [3.8, 4) is 5.75 Å². The Morgan fingerprint density at radius 1 is 1.29 bits per heavy atom. The number of anilines is 1. The minimum atomic E-state index is -0.502. The Kier molecular flexibility index (Phi) is 5.56. The largest absolute Gasteiger partial charge is 0.496 e. The third-order valence-corrected chi connectivity index (χ3v) is 4.33. The van der Waals surface area contributed by atoms with Crippen LogP contribution in [0.15, 0.2) is 23.8 Å². The number of carbonyl (C=O) groups excluding carboxylic acids is 2. The maximum absolute atomic E-state index is 12.3. The topological polar surface area (TPSA) is 61.9 Å². The summed E-state index contributed by atoms with van der Waals surface area (Å²) in [6.07, 6.45) is 1.53.